The number of carbonyl (C=O) groups excluding carboxylic acids is 1. The molecule has 4 saturated heterocycles. The van der Waals surface area contributed by atoms with Gasteiger partial charge in [0.1, 0.15) is 29.4 Å². The molecule has 5 aliphatic rings. The molecular formula is C31H34ClFN6O3. The summed E-state index contributed by atoms with van der Waals surface area (Å²) in [6.45, 7) is 3.92. The molecule has 1 unspecified atom stereocenters. The Morgan fingerprint density at radius 1 is 1.12 bits per heavy atom. The molecule has 1 atom stereocenters. The minimum absolute atomic E-state index is 0.0106. The summed E-state index contributed by atoms with van der Waals surface area (Å²) in [6, 6.07) is 3.19. The maximum Gasteiger partial charge on any atom is 0.319 e. The number of nitrogens with one attached hydrogen (secondary N) is 1. The molecule has 8 rings (SSSR count). The minimum Gasteiger partial charge on any atom is -0.508 e. The van der Waals surface area contributed by atoms with Crippen molar-refractivity contribution in [2.75, 3.05) is 37.7 Å². The van der Waals surface area contributed by atoms with Crippen LogP contribution in [0.15, 0.2) is 18.3 Å². The normalized spacial score (nSPS) is 25.1. The summed E-state index contributed by atoms with van der Waals surface area (Å²) in [5.41, 5.74) is 1.24. The first-order valence-corrected chi connectivity index (χ1v) is 15.5. The van der Waals surface area contributed by atoms with Gasteiger partial charge in [0.05, 0.1) is 22.9 Å². The van der Waals surface area contributed by atoms with E-state index in [1.807, 2.05) is 0 Å². The van der Waals surface area contributed by atoms with Crippen LogP contribution in [0.25, 0.3) is 22.2 Å². The van der Waals surface area contributed by atoms with Crippen molar-refractivity contribution in [1.82, 2.24) is 25.2 Å². The van der Waals surface area contributed by atoms with E-state index in [4.69, 9.17) is 21.3 Å². The molecule has 3 aromatic rings. The molecule has 2 N–H and O–H groups in total. The Labute approximate surface area is 248 Å². The van der Waals surface area contributed by atoms with E-state index in [-0.39, 0.29) is 45.9 Å². The lowest BCUT2D eigenvalue weighted by Crippen LogP contribution is -2.68. The van der Waals surface area contributed by atoms with Crippen molar-refractivity contribution in [2.24, 2.45) is 0 Å². The van der Waals surface area contributed by atoms with Crippen LogP contribution in [0.1, 0.15) is 69.3 Å². The number of benzene rings is 1. The van der Waals surface area contributed by atoms with Crippen LogP contribution in [0, 0.1) is 5.82 Å². The highest BCUT2D eigenvalue weighted by atomic mass is 35.5. The van der Waals surface area contributed by atoms with E-state index in [9.17, 15) is 9.90 Å². The lowest BCUT2D eigenvalue weighted by atomic mass is 9.80. The van der Waals surface area contributed by atoms with Crippen LogP contribution < -0.4 is 15.0 Å². The summed E-state index contributed by atoms with van der Waals surface area (Å²) >= 11 is 6.55. The first kappa shape index (κ1) is 26.4. The number of pyridine rings is 1. The van der Waals surface area contributed by atoms with Crippen molar-refractivity contribution in [1.29, 1.82) is 0 Å². The summed E-state index contributed by atoms with van der Waals surface area (Å²) in [5, 5.41) is 14.4. The number of amides is 1. The van der Waals surface area contributed by atoms with Crippen molar-refractivity contribution in [2.45, 2.75) is 74.8 Å². The number of aromatic hydroxyl groups is 1. The van der Waals surface area contributed by atoms with Gasteiger partial charge in [-0.2, -0.15) is 9.97 Å². The number of fused-ring (bicyclic) bond motifs is 2. The third kappa shape index (κ3) is 4.28. The second-order valence-corrected chi connectivity index (χ2v) is 13.3. The third-order valence-corrected chi connectivity index (χ3v) is 10.4. The molecule has 5 fully saturated rings. The first-order chi connectivity index (χ1) is 20.3. The largest absolute Gasteiger partial charge is 0.508 e. The van der Waals surface area contributed by atoms with Gasteiger partial charge in [-0.25, -0.2) is 4.39 Å². The number of β-lactam (4-membered cyclic amide) rings is 1. The molecule has 6 heterocycles. The molecule has 11 heteroatoms. The number of rotatable bonds is 6. The van der Waals surface area contributed by atoms with Gasteiger partial charge < -0.3 is 20.1 Å². The summed E-state index contributed by atoms with van der Waals surface area (Å²) in [7, 11) is 0. The van der Waals surface area contributed by atoms with Crippen LogP contribution in [0.2, 0.25) is 5.02 Å². The number of anilines is 1. The van der Waals surface area contributed by atoms with Crippen molar-refractivity contribution in [3.8, 4) is 23.0 Å². The summed E-state index contributed by atoms with van der Waals surface area (Å²) < 4.78 is 23.0. The van der Waals surface area contributed by atoms with Gasteiger partial charge in [0.25, 0.3) is 0 Å². The Morgan fingerprint density at radius 2 is 1.88 bits per heavy atom. The molecular weight excluding hydrogens is 559 g/mol. The maximum atomic E-state index is 16.6. The smallest absolute Gasteiger partial charge is 0.319 e. The van der Waals surface area contributed by atoms with E-state index < -0.39 is 5.82 Å². The molecule has 9 nitrogen and oxygen atoms in total. The predicted molar refractivity (Wildman–Crippen MR) is 157 cm³/mol. The van der Waals surface area contributed by atoms with Gasteiger partial charge in [-0.3, -0.25) is 14.7 Å². The maximum absolute atomic E-state index is 16.6. The highest BCUT2D eigenvalue weighted by Gasteiger charge is 2.47. The SMILES string of the molecule is O=C1CC2(CCCN(c3nc(OCC45CCCN4CCC5)nc4c(F)c(-c5cc(O)cc(Cl)c5C5CC5)ncc34)C2)N1. The number of halogens is 2. The molecule has 4 aliphatic heterocycles. The molecule has 1 amide bonds. The van der Waals surface area contributed by atoms with E-state index in [0.717, 1.165) is 76.6 Å². The van der Waals surface area contributed by atoms with E-state index in [0.29, 0.717) is 41.4 Å². The Balaban J connectivity index is 1.23. The van der Waals surface area contributed by atoms with E-state index >= 15 is 4.39 Å². The lowest BCUT2D eigenvalue weighted by Gasteiger charge is -2.49. The van der Waals surface area contributed by atoms with Gasteiger partial charge in [0.2, 0.25) is 5.91 Å². The van der Waals surface area contributed by atoms with Gasteiger partial charge >= 0.3 is 6.01 Å². The van der Waals surface area contributed by atoms with E-state index in [1.165, 1.54) is 12.1 Å². The zero-order chi connectivity index (χ0) is 28.6. The zero-order valence-corrected chi connectivity index (χ0v) is 24.2. The fraction of sp³-hybridized carbons (Fsp3) is 0.548. The predicted octanol–water partition coefficient (Wildman–Crippen LogP) is 4.93. The monoisotopic (exact) mass is 592 g/mol. The fourth-order valence-corrected chi connectivity index (χ4v) is 8.27. The standard InChI is InChI=1S/C31H34ClFN6O3/c32-22-13-19(40)12-20(24(22)18-4-5-18)26-25(33)27-21(15-34-26)28(38-9-1-6-30(16-38)14-23(41)37-30)36-29(35-27)42-17-31-7-2-10-39(31)11-3-8-31/h12-13,15,18,40H,1-11,14,16-17H2,(H,37,41). The van der Waals surface area contributed by atoms with Crippen LogP contribution in [0.4, 0.5) is 10.2 Å². The molecule has 42 heavy (non-hydrogen) atoms. The van der Waals surface area contributed by atoms with Crippen LogP contribution in [0.3, 0.4) is 0 Å². The number of aromatic nitrogens is 3. The Hall–Kier alpha value is -3.24. The Kier molecular flexibility index (Phi) is 6.06. The molecule has 1 aromatic carbocycles. The van der Waals surface area contributed by atoms with Crippen molar-refractivity contribution >= 4 is 34.2 Å². The number of ether oxygens (including phenoxy) is 1. The lowest BCUT2D eigenvalue weighted by molar-refractivity contribution is -0.133. The summed E-state index contributed by atoms with van der Waals surface area (Å²) in [4.78, 5) is 30.6. The average molecular weight is 593 g/mol. The number of carbonyl (C=O) groups is 1. The van der Waals surface area contributed by atoms with Crippen LogP contribution in [0.5, 0.6) is 11.8 Å². The molecule has 1 saturated carbocycles. The molecule has 0 radical (unpaired) electrons. The topological polar surface area (TPSA) is 104 Å². The van der Waals surface area contributed by atoms with Gasteiger partial charge in [0.15, 0.2) is 5.82 Å². The summed E-state index contributed by atoms with van der Waals surface area (Å²) in [5.74, 6) is 0.212. The second kappa shape index (κ2) is 9.64. The first-order valence-electron chi connectivity index (χ1n) is 15.2. The third-order valence-electron chi connectivity index (χ3n) is 10.1. The van der Waals surface area contributed by atoms with Crippen molar-refractivity contribution in [3.05, 3.63) is 34.7 Å². The Bertz CT molecular complexity index is 1600. The number of phenolic OH excluding ortho intramolecular Hbond substituents is 1. The van der Waals surface area contributed by atoms with Gasteiger partial charge in [-0.15, -0.1) is 0 Å². The highest BCUT2D eigenvalue weighted by Crippen LogP contribution is 2.49. The van der Waals surface area contributed by atoms with Gasteiger partial charge in [0, 0.05) is 29.9 Å². The Morgan fingerprint density at radius 3 is 2.62 bits per heavy atom. The van der Waals surface area contributed by atoms with Crippen LogP contribution in [-0.4, -0.2) is 74.7 Å². The number of hydrogen-bond acceptors (Lipinski definition) is 8. The minimum atomic E-state index is -0.588. The van der Waals surface area contributed by atoms with E-state index in [1.54, 1.807) is 6.20 Å². The van der Waals surface area contributed by atoms with E-state index in [2.05, 4.69) is 25.1 Å². The quantitative estimate of drug-likeness (QED) is 0.388. The second-order valence-electron chi connectivity index (χ2n) is 12.9. The van der Waals surface area contributed by atoms with Gasteiger partial charge in [-0.1, -0.05) is 11.6 Å². The van der Waals surface area contributed by atoms with Crippen LogP contribution >= 0.6 is 11.6 Å². The number of hydrogen-bond donors (Lipinski definition) is 2. The molecule has 1 spiro atoms. The average Bonchev–Trinajstić information content (AvgIpc) is 3.58. The number of nitrogens with zero attached hydrogens (tertiary/aromatic N) is 5. The molecule has 0 bridgehead atoms. The highest BCUT2D eigenvalue weighted by molar-refractivity contribution is 6.32. The van der Waals surface area contributed by atoms with Crippen molar-refractivity contribution in [3.63, 3.8) is 0 Å². The number of phenols is 1. The molecule has 2 aromatic heterocycles. The zero-order valence-electron chi connectivity index (χ0n) is 23.5. The summed E-state index contributed by atoms with van der Waals surface area (Å²) in [6.07, 6.45) is 10.2. The fourth-order valence-electron chi connectivity index (χ4n) is 7.90. The molecule has 220 valence electrons. The molecule has 1 aliphatic carbocycles. The van der Waals surface area contributed by atoms with Crippen molar-refractivity contribution < 1.29 is 19.0 Å². The van der Waals surface area contributed by atoms with Gasteiger partial charge in [-0.05, 0) is 88.1 Å². The number of piperidine rings is 1. The van der Waals surface area contributed by atoms with Crippen LogP contribution in [-0.2, 0) is 4.79 Å².